The third-order valence-corrected chi connectivity index (χ3v) is 3.95. The molecule has 3 rings (SSSR count). The molecule has 2 heterocycles. The molecular weight excluding hydrogens is 256 g/mol. The number of hydrogen-bond acceptors (Lipinski definition) is 7. The second-order valence-corrected chi connectivity index (χ2v) is 5.50. The summed E-state index contributed by atoms with van der Waals surface area (Å²) >= 11 is 2.88. The number of hydrogen-bond donors (Lipinski definition) is 1. The Morgan fingerprint density at radius 2 is 2.18 bits per heavy atom. The van der Waals surface area contributed by atoms with E-state index in [1.165, 1.54) is 23.1 Å². The summed E-state index contributed by atoms with van der Waals surface area (Å²) in [5.41, 5.74) is 7.18. The molecule has 5 nitrogen and oxygen atoms in total. The molecule has 0 saturated heterocycles. The fourth-order valence-electron chi connectivity index (χ4n) is 1.38. The molecule has 3 aromatic rings. The summed E-state index contributed by atoms with van der Waals surface area (Å²) in [6.07, 6.45) is 0. The molecule has 0 radical (unpaired) electrons. The normalized spacial score (nSPS) is 11.1. The Kier molecular flexibility index (Phi) is 2.69. The van der Waals surface area contributed by atoms with Gasteiger partial charge in [-0.1, -0.05) is 35.2 Å². The molecular formula is C10H8N4OS2. The van der Waals surface area contributed by atoms with Crippen molar-refractivity contribution in [1.82, 2.24) is 15.2 Å². The van der Waals surface area contributed by atoms with Crippen molar-refractivity contribution in [2.45, 2.75) is 10.1 Å². The molecule has 0 aliphatic rings. The average Bonchev–Trinajstić information content (AvgIpc) is 2.91. The lowest BCUT2D eigenvalue weighted by molar-refractivity contribution is 0.556. The molecule has 86 valence electrons. The fourth-order valence-corrected chi connectivity index (χ4v) is 2.86. The number of aromatic nitrogens is 3. The van der Waals surface area contributed by atoms with Gasteiger partial charge in [0.25, 0.3) is 0 Å². The summed E-state index contributed by atoms with van der Waals surface area (Å²) < 4.78 is 6.41. The van der Waals surface area contributed by atoms with Crippen molar-refractivity contribution in [1.29, 1.82) is 0 Å². The summed E-state index contributed by atoms with van der Waals surface area (Å²) in [4.78, 5) is 4.37. The van der Waals surface area contributed by atoms with E-state index < -0.39 is 0 Å². The van der Waals surface area contributed by atoms with Gasteiger partial charge in [0.05, 0.1) is 5.75 Å². The van der Waals surface area contributed by atoms with E-state index in [9.17, 15) is 0 Å². The minimum absolute atomic E-state index is 0.477. The van der Waals surface area contributed by atoms with Gasteiger partial charge in [0.1, 0.15) is 5.52 Å². The standard InChI is InChI=1S/C10H8N4OS2/c11-9-13-14-10(17-9)16-5-8-12-6-3-1-2-4-7(6)15-8/h1-4H,5H2,(H2,11,13). The summed E-state index contributed by atoms with van der Waals surface area (Å²) in [7, 11) is 0. The average molecular weight is 264 g/mol. The molecule has 7 heteroatoms. The lowest BCUT2D eigenvalue weighted by Gasteiger charge is -1.89. The SMILES string of the molecule is Nc1nnc(SCc2nc3ccccc3o2)s1. The number of nitrogen functional groups attached to an aromatic ring is 1. The first-order chi connectivity index (χ1) is 8.31. The van der Waals surface area contributed by atoms with Crippen LogP contribution in [0, 0.1) is 0 Å². The number of fused-ring (bicyclic) bond motifs is 1. The molecule has 0 aliphatic carbocycles. The van der Waals surface area contributed by atoms with Crippen molar-refractivity contribution in [3.63, 3.8) is 0 Å². The Morgan fingerprint density at radius 1 is 1.29 bits per heavy atom. The Labute approximate surface area is 105 Å². The summed E-state index contributed by atoms with van der Waals surface area (Å²) in [6, 6.07) is 7.69. The van der Waals surface area contributed by atoms with Gasteiger partial charge >= 0.3 is 0 Å². The van der Waals surface area contributed by atoms with Crippen molar-refractivity contribution in [3.05, 3.63) is 30.2 Å². The van der Waals surface area contributed by atoms with E-state index in [0.29, 0.717) is 16.8 Å². The summed E-state index contributed by atoms with van der Waals surface area (Å²) in [5.74, 6) is 1.31. The molecule has 0 saturated carbocycles. The largest absolute Gasteiger partial charge is 0.440 e. The van der Waals surface area contributed by atoms with E-state index in [4.69, 9.17) is 10.2 Å². The van der Waals surface area contributed by atoms with Crippen LogP contribution in [-0.2, 0) is 5.75 Å². The van der Waals surface area contributed by atoms with E-state index in [-0.39, 0.29) is 0 Å². The van der Waals surface area contributed by atoms with Gasteiger partial charge in [-0.3, -0.25) is 0 Å². The highest BCUT2D eigenvalue weighted by atomic mass is 32.2. The van der Waals surface area contributed by atoms with Crippen LogP contribution in [0.5, 0.6) is 0 Å². The van der Waals surface area contributed by atoms with Gasteiger partial charge in [-0.05, 0) is 12.1 Å². The first-order valence-electron chi connectivity index (χ1n) is 4.87. The molecule has 0 amide bonds. The zero-order valence-corrected chi connectivity index (χ0v) is 10.3. The molecule has 2 N–H and O–H groups in total. The first-order valence-corrected chi connectivity index (χ1v) is 6.68. The van der Waals surface area contributed by atoms with Gasteiger partial charge in [-0.15, -0.1) is 10.2 Å². The Bertz CT molecular complexity index is 615. The van der Waals surface area contributed by atoms with Crippen molar-refractivity contribution in [3.8, 4) is 0 Å². The predicted molar refractivity (Wildman–Crippen MR) is 67.9 cm³/mol. The van der Waals surface area contributed by atoms with Crippen LogP contribution in [0.4, 0.5) is 5.13 Å². The zero-order valence-electron chi connectivity index (χ0n) is 8.66. The van der Waals surface area contributed by atoms with Gasteiger partial charge in [0.2, 0.25) is 11.0 Å². The smallest absolute Gasteiger partial charge is 0.205 e. The van der Waals surface area contributed by atoms with E-state index in [2.05, 4.69) is 15.2 Å². The van der Waals surface area contributed by atoms with E-state index >= 15 is 0 Å². The van der Waals surface area contributed by atoms with Crippen LogP contribution in [0.1, 0.15) is 5.89 Å². The fraction of sp³-hybridized carbons (Fsp3) is 0.100. The van der Waals surface area contributed by atoms with Crippen LogP contribution >= 0.6 is 23.1 Å². The highest BCUT2D eigenvalue weighted by Crippen LogP contribution is 2.27. The minimum Gasteiger partial charge on any atom is -0.440 e. The van der Waals surface area contributed by atoms with Crippen molar-refractivity contribution >= 4 is 39.3 Å². The van der Waals surface area contributed by atoms with Crippen LogP contribution in [-0.4, -0.2) is 15.2 Å². The highest BCUT2D eigenvalue weighted by molar-refractivity contribution is 8.00. The Morgan fingerprint density at radius 3 is 2.94 bits per heavy atom. The third kappa shape index (κ3) is 2.25. The van der Waals surface area contributed by atoms with Crippen molar-refractivity contribution in [2.75, 3.05) is 5.73 Å². The topological polar surface area (TPSA) is 77.8 Å². The van der Waals surface area contributed by atoms with Gasteiger partial charge in [0, 0.05) is 0 Å². The molecule has 2 aromatic heterocycles. The van der Waals surface area contributed by atoms with Gasteiger partial charge < -0.3 is 10.2 Å². The quantitative estimate of drug-likeness (QED) is 0.732. The number of oxazole rings is 1. The van der Waals surface area contributed by atoms with E-state index in [1.54, 1.807) is 0 Å². The van der Waals surface area contributed by atoms with Crippen LogP contribution in [0.25, 0.3) is 11.1 Å². The van der Waals surface area contributed by atoms with Gasteiger partial charge in [-0.25, -0.2) is 4.98 Å². The lowest BCUT2D eigenvalue weighted by Crippen LogP contribution is -1.80. The number of rotatable bonds is 3. The molecule has 0 unspecified atom stereocenters. The number of thioether (sulfide) groups is 1. The Balaban J connectivity index is 1.76. The predicted octanol–water partition coefficient (Wildman–Crippen LogP) is 2.55. The van der Waals surface area contributed by atoms with Crippen LogP contribution < -0.4 is 5.73 Å². The van der Waals surface area contributed by atoms with Crippen molar-refractivity contribution in [2.24, 2.45) is 0 Å². The summed E-state index contributed by atoms with van der Waals surface area (Å²) in [6.45, 7) is 0. The maximum absolute atomic E-state index is 5.59. The molecule has 17 heavy (non-hydrogen) atoms. The number of benzene rings is 1. The van der Waals surface area contributed by atoms with Crippen LogP contribution in [0.15, 0.2) is 33.0 Å². The molecule has 0 atom stereocenters. The monoisotopic (exact) mass is 264 g/mol. The number of nitrogens with two attached hydrogens (primary N) is 1. The molecule has 1 aromatic carbocycles. The number of anilines is 1. The second-order valence-electron chi connectivity index (χ2n) is 3.27. The zero-order chi connectivity index (χ0) is 11.7. The van der Waals surface area contributed by atoms with Crippen LogP contribution in [0.2, 0.25) is 0 Å². The molecule has 0 aliphatic heterocycles. The summed E-state index contributed by atoms with van der Waals surface area (Å²) in [5, 5.41) is 8.14. The maximum atomic E-state index is 5.59. The lowest BCUT2D eigenvalue weighted by atomic mass is 10.3. The molecule has 0 bridgehead atoms. The number of nitrogens with zero attached hydrogens (tertiary/aromatic N) is 3. The van der Waals surface area contributed by atoms with Crippen molar-refractivity contribution < 1.29 is 4.42 Å². The molecule has 0 spiro atoms. The van der Waals surface area contributed by atoms with E-state index in [1.807, 2.05) is 24.3 Å². The Hall–Kier alpha value is -1.60. The van der Waals surface area contributed by atoms with Crippen LogP contribution in [0.3, 0.4) is 0 Å². The van der Waals surface area contributed by atoms with Gasteiger partial charge in [0.15, 0.2) is 9.92 Å². The highest BCUT2D eigenvalue weighted by Gasteiger charge is 2.07. The minimum atomic E-state index is 0.477. The van der Waals surface area contributed by atoms with E-state index in [0.717, 1.165) is 15.4 Å². The third-order valence-electron chi connectivity index (χ3n) is 2.08. The second kappa shape index (κ2) is 4.34. The first kappa shape index (κ1) is 10.5. The van der Waals surface area contributed by atoms with Gasteiger partial charge in [-0.2, -0.15) is 0 Å². The molecule has 0 fully saturated rings. The number of para-hydroxylation sites is 2. The maximum Gasteiger partial charge on any atom is 0.205 e.